The molecule has 2 aromatic rings. The van der Waals surface area contributed by atoms with Gasteiger partial charge < -0.3 is 4.74 Å². The Morgan fingerprint density at radius 2 is 2.06 bits per heavy atom. The standard InChI is InChI=1S/C14H15N3O/c1-3-17-13(8-11(2)16-17)10-18-14-6-4-12(9-15)5-7-14/h4-8H,3,10H2,1-2H3. The second kappa shape index (κ2) is 5.37. The molecule has 0 aliphatic rings. The van der Waals surface area contributed by atoms with E-state index in [0.717, 1.165) is 23.7 Å². The van der Waals surface area contributed by atoms with Crippen molar-refractivity contribution in [2.24, 2.45) is 0 Å². The highest BCUT2D eigenvalue weighted by Crippen LogP contribution is 2.14. The summed E-state index contributed by atoms with van der Waals surface area (Å²) >= 11 is 0. The fourth-order valence-corrected chi connectivity index (χ4v) is 1.77. The Morgan fingerprint density at radius 3 is 2.67 bits per heavy atom. The molecule has 0 bridgehead atoms. The van der Waals surface area contributed by atoms with E-state index in [1.54, 1.807) is 24.3 Å². The molecule has 0 radical (unpaired) electrons. The van der Waals surface area contributed by atoms with E-state index in [4.69, 9.17) is 10.00 Å². The van der Waals surface area contributed by atoms with Crippen LogP contribution in [0.1, 0.15) is 23.9 Å². The van der Waals surface area contributed by atoms with Crippen LogP contribution in [-0.4, -0.2) is 9.78 Å². The van der Waals surface area contributed by atoms with Crippen molar-refractivity contribution in [3.8, 4) is 11.8 Å². The number of hydrogen-bond donors (Lipinski definition) is 0. The molecule has 2 rings (SSSR count). The smallest absolute Gasteiger partial charge is 0.130 e. The summed E-state index contributed by atoms with van der Waals surface area (Å²) in [4.78, 5) is 0. The fraction of sp³-hybridized carbons (Fsp3) is 0.286. The molecule has 0 saturated carbocycles. The monoisotopic (exact) mass is 241 g/mol. The first-order chi connectivity index (χ1) is 8.72. The zero-order chi connectivity index (χ0) is 13.0. The summed E-state index contributed by atoms with van der Waals surface area (Å²) in [6.07, 6.45) is 0. The second-order valence-corrected chi connectivity index (χ2v) is 4.02. The van der Waals surface area contributed by atoms with E-state index in [1.165, 1.54) is 0 Å². The molecule has 0 spiro atoms. The van der Waals surface area contributed by atoms with Crippen LogP contribution in [0.4, 0.5) is 0 Å². The van der Waals surface area contributed by atoms with Crippen molar-refractivity contribution in [2.45, 2.75) is 27.0 Å². The molecule has 0 atom stereocenters. The number of rotatable bonds is 4. The number of hydrogen-bond acceptors (Lipinski definition) is 3. The molecule has 0 aliphatic heterocycles. The van der Waals surface area contributed by atoms with Crippen LogP contribution in [0, 0.1) is 18.3 Å². The number of nitriles is 1. The maximum Gasteiger partial charge on any atom is 0.130 e. The van der Waals surface area contributed by atoms with Crippen LogP contribution in [0.2, 0.25) is 0 Å². The van der Waals surface area contributed by atoms with Gasteiger partial charge in [0.05, 0.1) is 23.0 Å². The van der Waals surface area contributed by atoms with E-state index in [2.05, 4.69) is 18.1 Å². The van der Waals surface area contributed by atoms with Crippen molar-refractivity contribution >= 4 is 0 Å². The lowest BCUT2D eigenvalue weighted by molar-refractivity contribution is 0.292. The average molecular weight is 241 g/mol. The molecule has 1 heterocycles. The first-order valence-electron chi connectivity index (χ1n) is 5.89. The maximum atomic E-state index is 8.71. The van der Waals surface area contributed by atoms with Gasteiger partial charge in [0.2, 0.25) is 0 Å². The topological polar surface area (TPSA) is 50.8 Å². The Labute approximate surface area is 106 Å². The van der Waals surface area contributed by atoms with Gasteiger partial charge in [-0.1, -0.05) is 0 Å². The molecule has 0 saturated heterocycles. The SMILES string of the molecule is CCn1nc(C)cc1COc1ccc(C#N)cc1. The highest BCUT2D eigenvalue weighted by atomic mass is 16.5. The van der Waals surface area contributed by atoms with Crippen molar-refractivity contribution < 1.29 is 4.74 Å². The number of benzene rings is 1. The molecule has 1 aromatic heterocycles. The molecular weight excluding hydrogens is 226 g/mol. The van der Waals surface area contributed by atoms with Gasteiger partial charge in [-0.3, -0.25) is 4.68 Å². The quantitative estimate of drug-likeness (QED) is 0.826. The van der Waals surface area contributed by atoms with E-state index in [9.17, 15) is 0 Å². The summed E-state index contributed by atoms with van der Waals surface area (Å²) in [5, 5.41) is 13.1. The first-order valence-corrected chi connectivity index (χ1v) is 5.89. The molecule has 18 heavy (non-hydrogen) atoms. The summed E-state index contributed by atoms with van der Waals surface area (Å²) in [5.41, 5.74) is 2.69. The van der Waals surface area contributed by atoms with Gasteiger partial charge in [0.15, 0.2) is 0 Å². The van der Waals surface area contributed by atoms with Crippen molar-refractivity contribution in [2.75, 3.05) is 0 Å². The maximum absolute atomic E-state index is 8.71. The molecule has 4 nitrogen and oxygen atoms in total. The Kier molecular flexibility index (Phi) is 3.63. The molecule has 0 amide bonds. The molecule has 0 fully saturated rings. The van der Waals surface area contributed by atoms with Gasteiger partial charge in [0.1, 0.15) is 12.4 Å². The first kappa shape index (κ1) is 12.2. The van der Waals surface area contributed by atoms with Crippen LogP contribution in [0.5, 0.6) is 5.75 Å². The largest absolute Gasteiger partial charge is 0.487 e. The zero-order valence-electron chi connectivity index (χ0n) is 10.6. The van der Waals surface area contributed by atoms with Gasteiger partial charge in [-0.05, 0) is 44.2 Å². The van der Waals surface area contributed by atoms with Crippen molar-refractivity contribution in [3.05, 3.63) is 47.3 Å². The third-order valence-corrected chi connectivity index (χ3v) is 2.66. The van der Waals surface area contributed by atoms with Crippen LogP contribution < -0.4 is 4.74 Å². The number of aromatic nitrogens is 2. The van der Waals surface area contributed by atoms with E-state index < -0.39 is 0 Å². The molecule has 0 aliphatic carbocycles. The van der Waals surface area contributed by atoms with Crippen LogP contribution in [0.25, 0.3) is 0 Å². The van der Waals surface area contributed by atoms with E-state index in [-0.39, 0.29) is 0 Å². The Balaban J connectivity index is 2.04. The minimum Gasteiger partial charge on any atom is -0.487 e. The van der Waals surface area contributed by atoms with Gasteiger partial charge in [-0.25, -0.2) is 0 Å². The molecule has 4 heteroatoms. The van der Waals surface area contributed by atoms with Crippen LogP contribution in [0.15, 0.2) is 30.3 Å². The molecule has 1 aromatic carbocycles. The lowest BCUT2D eigenvalue weighted by Gasteiger charge is -2.07. The number of aryl methyl sites for hydroxylation is 2. The molecular formula is C14H15N3O. The molecule has 0 unspecified atom stereocenters. The van der Waals surface area contributed by atoms with Crippen molar-refractivity contribution in [1.29, 1.82) is 5.26 Å². The summed E-state index contributed by atoms with van der Waals surface area (Å²) < 4.78 is 7.61. The Bertz CT molecular complexity index is 564. The highest BCUT2D eigenvalue weighted by molar-refractivity contribution is 5.34. The number of nitrogens with zero attached hydrogens (tertiary/aromatic N) is 3. The minimum absolute atomic E-state index is 0.487. The van der Waals surface area contributed by atoms with Gasteiger partial charge in [0.25, 0.3) is 0 Å². The molecule has 92 valence electrons. The second-order valence-electron chi connectivity index (χ2n) is 4.02. The normalized spacial score (nSPS) is 10.1. The Morgan fingerprint density at radius 1 is 1.33 bits per heavy atom. The van der Waals surface area contributed by atoms with Gasteiger partial charge in [-0.15, -0.1) is 0 Å². The summed E-state index contributed by atoms with van der Waals surface area (Å²) in [5.74, 6) is 0.760. The molecule has 0 N–H and O–H groups in total. The van der Waals surface area contributed by atoms with Gasteiger partial charge in [0, 0.05) is 6.54 Å². The fourth-order valence-electron chi connectivity index (χ4n) is 1.77. The van der Waals surface area contributed by atoms with E-state index in [1.807, 2.05) is 17.7 Å². The van der Waals surface area contributed by atoms with Crippen LogP contribution >= 0.6 is 0 Å². The minimum atomic E-state index is 0.487. The van der Waals surface area contributed by atoms with Gasteiger partial charge >= 0.3 is 0 Å². The summed E-state index contributed by atoms with van der Waals surface area (Å²) in [7, 11) is 0. The zero-order valence-corrected chi connectivity index (χ0v) is 10.6. The van der Waals surface area contributed by atoms with E-state index >= 15 is 0 Å². The van der Waals surface area contributed by atoms with Crippen molar-refractivity contribution in [1.82, 2.24) is 9.78 Å². The van der Waals surface area contributed by atoms with Crippen LogP contribution in [-0.2, 0) is 13.2 Å². The number of ether oxygens (including phenoxy) is 1. The third kappa shape index (κ3) is 2.69. The lowest BCUT2D eigenvalue weighted by atomic mass is 10.2. The van der Waals surface area contributed by atoms with Crippen LogP contribution in [0.3, 0.4) is 0 Å². The van der Waals surface area contributed by atoms with Gasteiger partial charge in [-0.2, -0.15) is 10.4 Å². The predicted molar refractivity (Wildman–Crippen MR) is 68.1 cm³/mol. The average Bonchev–Trinajstić information content (AvgIpc) is 2.77. The highest BCUT2D eigenvalue weighted by Gasteiger charge is 2.04. The predicted octanol–water partition coefficient (Wildman–Crippen LogP) is 2.66. The summed E-state index contributed by atoms with van der Waals surface area (Å²) in [6.45, 7) is 5.34. The summed E-state index contributed by atoms with van der Waals surface area (Å²) in [6, 6.07) is 11.2. The van der Waals surface area contributed by atoms with Crippen molar-refractivity contribution in [3.63, 3.8) is 0 Å². The lowest BCUT2D eigenvalue weighted by Crippen LogP contribution is -2.06. The third-order valence-electron chi connectivity index (χ3n) is 2.66. The van der Waals surface area contributed by atoms with E-state index in [0.29, 0.717) is 12.2 Å². The Hall–Kier alpha value is -2.28.